The van der Waals surface area contributed by atoms with Crippen molar-refractivity contribution in [2.75, 3.05) is 11.1 Å². The van der Waals surface area contributed by atoms with Crippen LogP contribution in [0, 0.1) is 17.2 Å². The summed E-state index contributed by atoms with van der Waals surface area (Å²) < 4.78 is 0. The van der Waals surface area contributed by atoms with Crippen LogP contribution in [0.4, 0.5) is 0 Å². The Morgan fingerprint density at radius 3 is 2.64 bits per heavy atom. The lowest BCUT2D eigenvalue weighted by molar-refractivity contribution is 0.737. The van der Waals surface area contributed by atoms with E-state index in [1.165, 1.54) is 4.90 Å². The third kappa shape index (κ3) is 4.17. The van der Waals surface area contributed by atoms with Crippen LogP contribution in [0.25, 0.3) is 0 Å². The third-order valence-electron chi connectivity index (χ3n) is 1.85. The Morgan fingerprint density at radius 1 is 1.36 bits per heavy atom. The molecule has 0 aliphatic carbocycles. The van der Waals surface area contributed by atoms with E-state index in [-0.39, 0.29) is 5.92 Å². The molecule has 1 atom stereocenters. The van der Waals surface area contributed by atoms with E-state index in [4.69, 9.17) is 5.26 Å². The van der Waals surface area contributed by atoms with Crippen LogP contribution in [0.1, 0.15) is 6.42 Å². The second-order valence-corrected chi connectivity index (χ2v) is 4.75. The number of rotatable bonds is 5. The Morgan fingerprint density at radius 2 is 2.07 bits per heavy atom. The Hall–Kier alpha value is -0.460. The number of hydrogen-bond acceptors (Lipinski definition) is 2. The number of alkyl halides is 1. The summed E-state index contributed by atoms with van der Waals surface area (Å²) in [5, 5.41) is 9.51. The molecule has 0 N–H and O–H groups in total. The predicted octanol–water partition coefficient (Wildman–Crippen LogP) is 3.70. The van der Waals surface area contributed by atoms with Crippen molar-refractivity contribution in [3.8, 4) is 6.07 Å². The first kappa shape index (κ1) is 11.6. The molecule has 1 nitrogen and oxygen atoms in total. The van der Waals surface area contributed by atoms with Gasteiger partial charge in [0, 0.05) is 10.2 Å². The van der Waals surface area contributed by atoms with Crippen molar-refractivity contribution in [1.82, 2.24) is 0 Å². The van der Waals surface area contributed by atoms with E-state index in [1.54, 1.807) is 0 Å². The predicted molar refractivity (Wildman–Crippen MR) is 64.7 cm³/mol. The van der Waals surface area contributed by atoms with E-state index in [9.17, 15) is 0 Å². The Bertz CT molecular complexity index is 294. The zero-order valence-corrected chi connectivity index (χ0v) is 10.2. The van der Waals surface area contributed by atoms with Gasteiger partial charge in [0.15, 0.2) is 0 Å². The van der Waals surface area contributed by atoms with E-state index in [0.29, 0.717) is 0 Å². The van der Waals surface area contributed by atoms with Crippen LogP contribution < -0.4 is 0 Å². The monoisotopic (exact) mass is 269 g/mol. The average Bonchev–Trinajstić information content (AvgIpc) is 2.26. The molecule has 1 rings (SSSR count). The maximum absolute atomic E-state index is 8.73. The molecule has 0 saturated carbocycles. The fraction of sp³-hybridized carbons (Fsp3) is 0.364. The van der Waals surface area contributed by atoms with Gasteiger partial charge in [-0.05, 0) is 24.3 Å². The zero-order chi connectivity index (χ0) is 10.2. The highest BCUT2D eigenvalue weighted by Crippen LogP contribution is 2.20. The normalized spacial score (nSPS) is 12.0. The molecule has 0 saturated heterocycles. The van der Waals surface area contributed by atoms with Crippen LogP contribution in [0.5, 0.6) is 0 Å². The quantitative estimate of drug-likeness (QED) is 0.601. The molecule has 0 radical (unpaired) electrons. The van der Waals surface area contributed by atoms with Gasteiger partial charge in [-0.25, -0.2) is 0 Å². The summed E-state index contributed by atoms with van der Waals surface area (Å²) in [5.41, 5.74) is 0. The minimum Gasteiger partial charge on any atom is -0.198 e. The molecule has 3 heteroatoms. The van der Waals surface area contributed by atoms with Gasteiger partial charge in [-0.3, -0.25) is 0 Å². The molecule has 1 unspecified atom stereocenters. The summed E-state index contributed by atoms with van der Waals surface area (Å²) >= 11 is 5.14. The van der Waals surface area contributed by atoms with Crippen molar-refractivity contribution in [2.45, 2.75) is 11.3 Å². The highest BCUT2D eigenvalue weighted by atomic mass is 79.9. The molecule has 0 bridgehead atoms. The van der Waals surface area contributed by atoms with Crippen LogP contribution in [-0.4, -0.2) is 11.1 Å². The number of halogens is 1. The van der Waals surface area contributed by atoms with Crippen LogP contribution >= 0.6 is 27.7 Å². The van der Waals surface area contributed by atoms with Crippen molar-refractivity contribution in [2.24, 2.45) is 5.92 Å². The molecule has 0 aliphatic heterocycles. The first-order valence-electron chi connectivity index (χ1n) is 4.50. The van der Waals surface area contributed by atoms with Gasteiger partial charge in [0.2, 0.25) is 0 Å². The summed E-state index contributed by atoms with van der Waals surface area (Å²) in [5.74, 6) is 1.15. The highest BCUT2D eigenvalue weighted by molar-refractivity contribution is 9.09. The summed E-state index contributed by atoms with van der Waals surface area (Å²) in [4.78, 5) is 1.28. The second kappa shape index (κ2) is 6.92. The number of hydrogen-bond donors (Lipinski definition) is 0. The van der Waals surface area contributed by atoms with E-state index in [2.05, 4.69) is 34.1 Å². The first-order chi connectivity index (χ1) is 6.86. The fourth-order valence-electron chi connectivity index (χ4n) is 1.01. The first-order valence-corrected chi connectivity index (χ1v) is 6.61. The zero-order valence-electron chi connectivity index (χ0n) is 7.82. The lowest BCUT2D eigenvalue weighted by Crippen LogP contribution is -1.99. The van der Waals surface area contributed by atoms with E-state index in [0.717, 1.165) is 17.5 Å². The Labute approximate surface area is 97.6 Å². The van der Waals surface area contributed by atoms with Gasteiger partial charge in [0.25, 0.3) is 0 Å². The molecule has 74 valence electrons. The smallest absolute Gasteiger partial charge is 0.0664 e. The van der Waals surface area contributed by atoms with Crippen LogP contribution in [0.15, 0.2) is 35.2 Å². The Kier molecular flexibility index (Phi) is 5.74. The second-order valence-electron chi connectivity index (χ2n) is 2.93. The Balaban J connectivity index is 2.26. The lowest BCUT2D eigenvalue weighted by atomic mass is 10.1. The standard InChI is InChI=1S/C11H12BrNS/c12-8-10(9-13)6-7-14-11-4-2-1-3-5-11/h1-5,10H,6-8H2. The minimum atomic E-state index is 0.145. The van der Waals surface area contributed by atoms with Gasteiger partial charge in [0.1, 0.15) is 0 Å². The van der Waals surface area contributed by atoms with Crippen LogP contribution in [0.2, 0.25) is 0 Å². The van der Waals surface area contributed by atoms with Gasteiger partial charge in [-0.2, -0.15) is 5.26 Å². The highest BCUT2D eigenvalue weighted by Gasteiger charge is 2.04. The van der Waals surface area contributed by atoms with Crippen molar-refractivity contribution < 1.29 is 0 Å². The van der Waals surface area contributed by atoms with Gasteiger partial charge >= 0.3 is 0 Å². The maximum atomic E-state index is 8.73. The van der Waals surface area contributed by atoms with Gasteiger partial charge in [-0.1, -0.05) is 34.1 Å². The topological polar surface area (TPSA) is 23.8 Å². The average molecular weight is 270 g/mol. The molecule has 0 fully saturated rings. The van der Waals surface area contributed by atoms with Gasteiger partial charge in [-0.15, -0.1) is 11.8 Å². The van der Waals surface area contributed by atoms with Gasteiger partial charge < -0.3 is 0 Å². The third-order valence-corrected chi connectivity index (χ3v) is 3.67. The summed E-state index contributed by atoms with van der Waals surface area (Å²) in [6.07, 6.45) is 0.946. The molecule has 0 aliphatic rings. The minimum absolute atomic E-state index is 0.145. The molecule has 0 spiro atoms. The molecule has 0 aromatic heterocycles. The van der Waals surface area contributed by atoms with E-state index < -0.39 is 0 Å². The molecule has 0 heterocycles. The molecule has 0 amide bonds. The number of nitriles is 1. The number of thioether (sulfide) groups is 1. The number of benzene rings is 1. The van der Waals surface area contributed by atoms with Crippen LogP contribution in [0.3, 0.4) is 0 Å². The summed E-state index contributed by atoms with van der Waals surface area (Å²) in [6.45, 7) is 0. The van der Waals surface area contributed by atoms with Crippen molar-refractivity contribution in [3.63, 3.8) is 0 Å². The molecular weight excluding hydrogens is 258 g/mol. The maximum Gasteiger partial charge on any atom is 0.0664 e. The lowest BCUT2D eigenvalue weighted by Gasteiger charge is -2.04. The molecule has 1 aromatic carbocycles. The van der Waals surface area contributed by atoms with Crippen LogP contribution in [-0.2, 0) is 0 Å². The largest absolute Gasteiger partial charge is 0.198 e. The fourth-order valence-corrected chi connectivity index (χ4v) is 2.47. The molecule has 14 heavy (non-hydrogen) atoms. The summed E-state index contributed by atoms with van der Waals surface area (Å²) in [6, 6.07) is 12.6. The molecular formula is C11H12BrNS. The van der Waals surface area contributed by atoms with Gasteiger partial charge in [0.05, 0.1) is 12.0 Å². The van der Waals surface area contributed by atoms with Crippen molar-refractivity contribution in [3.05, 3.63) is 30.3 Å². The van der Waals surface area contributed by atoms with E-state index in [1.807, 2.05) is 30.0 Å². The van der Waals surface area contributed by atoms with Crippen molar-refractivity contribution in [1.29, 1.82) is 5.26 Å². The van der Waals surface area contributed by atoms with Crippen molar-refractivity contribution >= 4 is 27.7 Å². The SMILES string of the molecule is N#CC(CBr)CCSc1ccccc1. The number of nitrogens with zero attached hydrogens (tertiary/aromatic N) is 1. The molecule has 1 aromatic rings. The van der Waals surface area contributed by atoms with E-state index >= 15 is 0 Å². The summed E-state index contributed by atoms with van der Waals surface area (Å²) in [7, 11) is 0.